The third-order valence-corrected chi connectivity index (χ3v) is 4.64. The Labute approximate surface area is 136 Å². The van der Waals surface area contributed by atoms with Crippen LogP contribution in [-0.2, 0) is 4.74 Å². The number of ether oxygens (including phenoxy) is 1. The van der Waals surface area contributed by atoms with E-state index in [1.807, 2.05) is 30.0 Å². The summed E-state index contributed by atoms with van der Waals surface area (Å²) in [4.78, 5) is 18.9. The molecule has 1 saturated heterocycles. The first-order valence-corrected chi connectivity index (χ1v) is 7.90. The van der Waals surface area contributed by atoms with E-state index in [1.54, 1.807) is 11.0 Å². The van der Waals surface area contributed by atoms with Crippen LogP contribution in [0.1, 0.15) is 36.2 Å². The minimum absolute atomic E-state index is 0.0610. The van der Waals surface area contributed by atoms with Crippen LogP contribution in [-0.4, -0.2) is 50.9 Å². The highest BCUT2D eigenvalue weighted by molar-refractivity contribution is 5.95. The fourth-order valence-electron chi connectivity index (χ4n) is 2.97. The van der Waals surface area contributed by atoms with Crippen molar-refractivity contribution in [2.45, 2.75) is 32.7 Å². The predicted octanol–water partition coefficient (Wildman–Crippen LogP) is 2.22. The maximum atomic E-state index is 13.0. The molecule has 2 heterocycles. The Balaban J connectivity index is 1.89. The monoisotopic (exact) mass is 314 g/mol. The first-order valence-electron chi connectivity index (χ1n) is 7.90. The second-order valence-corrected chi connectivity index (χ2v) is 6.20. The minimum atomic E-state index is -0.242. The number of amides is 1. The number of hydrogen-bond acceptors (Lipinski definition) is 4. The van der Waals surface area contributed by atoms with E-state index in [-0.39, 0.29) is 11.4 Å². The molecule has 122 valence electrons. The second-order valence-electron chi connectivity index (χ2n) is 6.20. The highest BCUT2D eigenvalue weighted by Gasteiger charge is 2.37. The molecule has 1 aromatic heterocycles. The van der Waals surface area contributed by atoms with Crippen molar-refractivity contribution in [3.05, 3.63) is 42.0 Å². The molecule has 0 bridgehead atoms. The summed E-state index contributed by atoms with van der Waals surface area (Å²) in [5.74, 6) is 0.0610. The summed E-state index contributed by atoms with van der Waals surface area (Å²) in [6.07, 6.45) is 4.02. The number of benzene rings is 1. The molecule has 0 saturated carbocycles. The van der Waals surface area contributed by atoms with Gasteiger partial charge in [0.05, 0.1) is 24.4 Å². The number of carbonyl (C=O) groups excluding carboxylic acids is 1. The van der Waals surface area contributed by atoms with E-state index in [4.69, 9.17) is 4.74 Å². The minimum Gasteiger partial charge on any atom is -0.377 e. The average molecular weight is 314 g/mol. The molecule has 1 unspecified atom stereocenters. The van der Waals surface area contributed by atoms with Gasteiger partial charge >= 0.3 is 0 Å². The topological polar surface area (TPSA) is 60.2 Å². The molecule has 3 rings (SSSR count). The van der Waals surface area contributed by atoms with Gasteiger partial charge in [-0.15, -0.1) is 0 Å². The number of carbonyl (C=O) groups is 1. The van der Waals surface area contributed by atoms with E-state index >= 15 is 0 Å². The smallest absolute Gasteiger partial charge is 0.254 e. The third-order valence-electron chi connectivity index (χ3n) is 4.64. The van der Waals surface area contributed by atoms with Gasteiger partial charge in [-0.1, -0.05) is 6.92 Å². The zero-order valence-corrected chi connectivity index (χ0v) is 13.8. The molecule has 2 aromatic rings. The van der Waals surface area contributed by atoms with Gasteiger partial charge in [0.1, 0.15) is 12.7 Å². The highest BCUT2D eigenvalue weighted by Crippen LogP contribution is 2.26. The lowest BCUT2D eigenvalue weighted by Gasteiger charge is -2.44. The number of nitrogens with zero attached hydrogens (tertiary/aromatic N) is 4. The van der Waals surface area contributed by atoms with Crippen LogP contribution in [0.15, 0.2) is 30.9 Å². The normalized spacial score (nSPS) is 21.4. The van der Waals surface area contributed by atoms with Crippen molar-refractivity contribution in [2.75, 3.05) is 19.8 Å². The number of rotatable bonds is 3. The predicted molar refractivity (Wildman–Crippen MR) is 86.6 cm³/mol. The van der Waals surface area contributed by atoms with Crippen LogP contribution in [0.4, 0.5) is 0 Å². The third kappa shape index (κ3) is 2.86. The fraction of sp³-hybridized carbons (Fsp3) is 0.471. The Hall–Kier alpha value is -2.21. The molecule has 1 aromatic carbocycles. The molecule has 0 aliphatic carbocycles. The summed E-state index contributed by atoms with van der Waals surface area (Å²) in [5, 5.41) is 4.14. The SMILES string of the molecule is CCC1(C)COCCN1C(=O)c1ccc(-n2cncn2)c(C)c1. The molecule has 0 N–H and O–H groups in total. The zero-order valence-electron chi connectivity index (χ0n) is 13.8. The number of morpholine rings is 1. The summed E-state index contributed by atoms with van der Waals surface area (Å²) in [6.45, 7) is 7.97. The van der Waals surface area contributed by atoms with E-state index in [2.05, 4.69) is 23.9 Å². The number of hydrogen-bond donors (Lipinski definition) is 0. The molecule has 0 radical (unpaired) electrons. The molecule has 1 aliphatic rings. The Kier molecular flexibility index (Phi) is 4.17. The Morgan fingerprint density at radius 1 is 1.43 bits per heavy atom. The molecule has 1 atom stereocenters. The van der Waals surface area contributed by atoms with Gasteiger partial charge in [-0.2, -0.15) is 5.10 Å². The van der Waals surface area contributed by atoms with Crippen molar-refractivity contribution in [2.24, 2.45) is 0 Å². The lowest BCUT2D eigenvalue weighted by Crippen LogP contribution is -2.57. The lowest BCUT2D eigenvalue weighted by molar-refractivity contribution is -0.0465. The lowest BCUT2D eigenvalue weighted by atomic mass is 9.94. The Bertz CT molecular complexity index is 699. The van der Waals surface area contributed by atoms with Crippen LogP contribution in [0.2, 0.25) is 0 Å². The molecule has 1 amide bonds. The summed E-state index contributed by atoms with van der Waals surface area (Å²) < 4.78 is 7.27. The maximum absolute atomic E-state index is 13.0. The van der Waals surface area contributed by atoms with Crippen LogP contribution < -0.4 is 0 Å². The number of aromatic nitrogens is 3. The molecular weight excluding hydrogens is 292 g/mol. The largest absolute Gasteiger partial charge is 0.377 e. The first kappa shape index (κ1) is 15.7. The molecule has 6 nitrogen and oxygen atoms in total. The van der Waals surface area contributed by atoms with Gasteiger partial charge in [-0.05, 0) is 44.0 Å². The number of aryl methyl sites for hydroxylation is 1. The summed E-state index contributed by atoms with van der Waals surface area (Å²) in [5.41, 5.74) is 2.38. The van der Waals surface area contributed by atoms with E-state index in [0.717, 1.165) is 17.7 Å². The Morgan fingerprint density at radius 3 is 2.91 bits per heavy atom. The van der Waals surface area contributed by atoms with Crippen LogP contribution in [0.5, 0.6) is 0 Å². The summed E-state index contributed by atoms with van der Waals surface area (Å²) in [7, 11) is 0. The zero-order chi connectivity index (χ0) is 16.4. The summed E-state index contributed by atoms with van der Waals surface area (Å²) >= 11 is 0. The molecule has 1 fully saturated rings. The molecular formula is C17H22N4O2. The van der Waals surface area contributed by atoms with Gasteiger partial charge < -0.3 is 9.64 Å². The van der Waals surface area contributed by atoms with Gasteiger partial charge in [0.2, 0.25) is 0 Å². The van der Waals surface area contributed by atoms with Crippen LogP contribution in [0.25, 0.3) is 5.69 Å². The van der Waals surface area contributed by atoms with E-state index < -0.39 is 0 Å². The van der Waals surface area contributed by atoms with Crippen molar-refractivity contribution in [1.82, 2.24) is 19.7 Å². The van der Waals surface area contributed by atoms with Gasteiger partial charge in [0.25, 0.3) is 5.91 Å². The van der Waals surface area contributed by atoms with Crippen LogP contribution in [0, 0.1) is 6.92 Å². The van der Waals surface area contributed by atoms with Crippen molar-refractivity contribution in [1.29, 1.82) is 0 Å². The van der Waals surface area contributed by atoms with Crippen molar-refractivity contribution in [3.63, 3.8) is 0 Å². The quantitative estimate of drug-likeness (QED) is 0.871. The van der Waals surface area contributed by atoms with Crippen LogP contribution in [0.3, 0.4) is 0 Å². The molecule has 0 spiro atoms. The standard InChI is InChI=1S/C17H22N4O2/c1-4-17(3)10-23-8-7-20(17)16(22)14-5-6-15(13(2)9-14)21-12-18-11-19-21/h5-6,9,11-12H,4,7-8,10H2,1-3H3. The second kappa shape index (κ2) is 6.12. The fourth-order valence-corrected chi connectivity index (χ4v) is 2.97. The average Bonchev–Trinajstić information content (AvgIpc) is 3.08. The van der Waals surface area contributed by atoms with Crippen molar-refractivity contribution < 1.29 is 9.53 Å². The van der Waals surface area contributed by atoms with E-state index in [1.165, 1.54) is 6.33 Å². The van der Waals surface area contributed by atoms with E-state index in [0.29, 0.717) is 25.3 Å². The maximum Gasteiger partial charge on any atom is 0.254 e. The molecule has 1 aliphatic heterocycles. The molecule has 23 heavy (non-hydrogen) atoms. The van der Waals surface area contributed by atoms with Gasteiger partial charge in [-0.3, -0.25) is 4.79 Å². The van der Waals surface area contributed by atoms with Gasteiger partial charge in [-0.25, -0.2) is 9.67 Å². The van der Waals surface area contributed by atoms with E-state index in [9.17, 15) is 4.79 Å². The first-order chi connectivity index (χ1) is 11.0. The Morgan fingerprint density at radius 2 is 2.26 bits per heavy atom. The van der Waals surface area contributed by atoms with Crippen LogP contribution >= 0.6 is 0 Å². The summed E-state index contributed by atoms with van der Waals surface area (Å²) in [6, 6.07) is 5.70. The van der Waals surface area contributed by atoms with Crippen molar-refractivity contribution in [3.8, 4) is 5.69 Å². The molecule has 6 heteroatoms. The van der Waals surface area contributed by atoms with Crippen molar-refractivity contribution >= 4 is 5.91 Å². The van der Waals surface area contributed by atoms with Gasteiger partial charge in [0.15, 0.2) is 0 Å². The highest BCUT2D eigenvalue weighted by atomic mass is 16.5. The van der Waals surface area contributed by atoms with Gasteiger partial charge in [0, 0.05) is 12.1 Å².